The molecule has 0 bridgehead atoms. The van der Waals surface area contributed by atoms with E-state index in [2.05, 4.69) is 20.8 Å². The standard InChI is InChI=1S/C13H17N5/c1-2-7-12(8-3-1)18-13(15-16-17-18)10-14-9-11-5-4-6-11/h1-3,7-8,11,14H,4-6,9-10H2. The topological polar surface area (TPSA) is 55.6 Å². The summed E-state index contributed by atoms with van der Waals surface area (Å²) in [6.07, 6.45) is 4.10. The minimum absolute atomic E-state index is 0.721. The second-order valence-corrected chi connectivity index (χ2v) is 4.77. The minimum Gasteiger partial charge on any atom is -0.310 e. The van der Waals surface area contributed by atoms with Gasteiger partial charge >= 0.3 is 0 Å². The van der Waals surface area contributed by atoms with Crippen molar-refractivity contribution in [2.75, 3.05) is 6.54 Å². The molecule has 0 amide bonds. The lowest BCUT2D eigenvalue weighted by Crippen LogP contribution is -2.27. The molecule has 1 aliphatic rings. The summed E-state index contributed by atoms with van der Waals surface area (Å²) < 4.78 is 1.79. The SMILES string of the molecule is c1ccc(-n2nnnc2CNCC2CCC2)cc1. The quantitative estimate of drug-likeness (QED) is 0.865. The average Bonchev–Trinajstić information content (AvgIpc) is 2.82. The molecule has 0 aliphatic heterocycles. The van der Waals surface area contributed by atoms with Crippen LogP contribution in [0, 0.1) is 5.92 Å². The monoisotopic (exact) mass is 243 g/mol. The predicted molar refractivity (Wildman–Crippen MR) is 68.2 cm³/mol. The molecule has 18 heavy (non-hydrogen) atoms. The molecule has 1 aromatic heterocycles. The fourth-order valence-corrected chi connectivity index (χ4v) is 2.17. The lowest BCUT2D eigenvalue weighted by Gasteiger charge is -2.25. The molecule has 0 spiro atoms. The zero-order chi connectivity index (χ0) is 12.2. The van der Waals surface area contributed by atoms with E-state index in [4.69, 9.17) is 0 Å². The van der Waals surface area contributed by atoms with E-state index in [1.165, 1.54) is 19.3 Å². The third-order valence-electron chi connectivity index (χ3n) is 3.48. The Kier molecular flexibility index (Phi) is 3.32. The molecule has 0 saturated heterocycles. The van der Waals surface area contributed by atoms with Crippen LogP contribution in [0.2, 0.25) is 0 Å². The molecule has 3 rings (SSSR count). The van der Waals surface area contributed by atoms with Crippen molar-refractivity contribution >= 4 is 0 Å². The van der Waals surface area contributed by atoms with Crippen molar-refractivity contribution < 1.29 is 0 Å². The highest BCUT2D eigenvalue weighted by Crippen LogP contribution is 2.25. The summed E-state index contributed by atoms with van der Waals surface area (Å²) >= 11 is 0. The number of tetrazole rings is 1. The zero-order valence-corrected chi connectivity index (χ0v) is 10.3. The van der Waals surface area contributed by atoms with Crippen LogP contribution in [-0.2, 0) is 6.54 Å². The third kappa shape index (κ3) is 2.41. The third-order valence-corrected chi connectivity index (χ3v) is 3.48. The highest BCUT2D eigenvalue weighted by atomic mass is 15.5. The summed E-state index contributed by atoms with van der Waals surface area (Å²) in [4.78, 5) is 0. The van der Waals surface area contributed by atoms with Gasteiger partial charge in [-0.05, 0) is 47.9 Å². The summed E-state index contributed by atoms with van der Waals surface area (Å²) in [6, 6.07) is 9.98. The van der Waals surface area contributed by atoms with Crippen LogP contribution in [0.3, 0.4) is 0 Å². The summed E-state index contributed by atoms with van der Waals surface area (Å²) in [5.74, 6) is 1.71. The van der Waals surface area contributed by atoms with E-state index in [0.717, 1.165) is 30.5 Å². The molecule has 0 unspecified atom stereocenters. The smallest absolute Gasteiger partial charge is 0.170 e. The van der Waals surface area contributed by atoms with Crippen molar-refractivity contribution in [3.05, 3.63) is 36.2 Å². The second kappa shape index (κ2) is 5.27. The van der Waals surface area contributed by atoms with Crippen molar-refractivity contribution in [1.82, 2.24) is 25.5 Å². The molecule has 1 saturated carbocycles. The Labute approximate surface area is 106 Å². The molecule has 2 aromatic rings. The molecule has 1 heterocycles. The van der Waals surface area contributed by atoms with Gasteiger partial charge < -0.3 is 5.32 Å². The van der Waals surface area contributed by atoms with Crippen LogP contribution < -0.4 is 5.32 Å². The van der Waals surface area contributed by atoms with Crippen molar-refractivity contribution in [3.63, 3.8) is 0 Å². The fraction of sp³-hybridized carbons (Fsp3) is 0.462. The molecular formula is C13H17N5. The number of rotatable bonds is 5. The average molecular weight is 243 g/mol. The Bertz CT molecular complexity index is 489. The van der Waals surface area contributed by atoms with Crippen molar-refractivity contribution in [2.45, 2.75) is 25.8 Å². The van der Waals surface area contributed by atoms with Crippen LogP contribution in [0.25, 0.3) is 5.69 Å². The molecule has 5 nitrogen and oxygen atoms in total. The van der Waals surface area contributed by atoms with Crippen molar-refractivity contribution in [1.29, 1.82) is 0 Å². The minimum atomic E-state index is 0.721. The van der Waals surface area contributed by atoms with E-state index < -0.39 is 0 Å². The van der Waals surface area contributed by atoms with Crippen LogP contribution >= 0.6 is 0 Å². The summed E-state index contributed by atoms with van der Waals surface area (Å²) in [5, 5.41) is 15.3. The molecule has 0 radical (unpaired) electrons. The number of hydrogen-bond acceptors (Lipinski definition) is 4. The summed E-state index contributed by atoms with van der Waals surface area (Å²) in [6.45, 7) is 1.79. The Morgan fingerprint density at radius 3 is 2.78 bits per heavy atom. The van der Waals surface area contributed by atoms with Gasteiger partial charge in [-0.1, -0.05) is 24.6 Å². The van der Waals surface area contributed by atoms with E-state index in [0.29, 0.717) is 0 Å². The van der Waals surface area contributed by atoms with Gasteiger partial charge in [-0.3, -0.25) is 0 Å². The van der Waals surface area contributed by atoms with E-state index in [1.54, 1.807) is 4.68 Å². The van der Waals surface area contributed by atoms with E-state index in [9.17, 15) is 0 Å². The van der Waals surface area contributed by atoms with Gasteiger partial charge in [0.1, 0.15) is 0 Å². The number of hydrogen-bond donors (Lipinski definition) is 1. The number of aromatic nitrogens is 4. The number of para-hydroxylation sites is 1. The molecule has 94 valence electrons. The maximum atomic E-state index is 4.07. The van der Waals surface area contributed by atoms with Crippen molar-refractivity contribution in [3.8, 4) is 5.69 Å². The number of nitrogens with zero attached hydrogens (tertiary/aromatic N) is 4. The highest BCUT2D eigenvalue weighted by Gasteiger charge is 2.17. The van der Waals surface area contributed by atoms with Crippen LogP contribution in [0.4, 0.5) is 0 Å². The summed E-state index contributed by atoms with van der Waals surface area (Å²) in [5.41, 5.74) is 1.00. The number of benzene rings is 1. The molecule has 1 fully saturated rings. The second-order valence-electron chi connectivity index (χ2n) is 4.77. The van der Waals surface area contributed by atoms with Crippen LogP contribution in [0.15, 0.2) is 30.3 Å². The maximum absolute atomic E-state index is 4.07. The van der Waals surface area contributed by atoms with E-state index >= 15 is 0 Å². The van der Waals surface area contributed by atoms with E-state index in [1.807, 2.05) is 30.3 Å². The lowest BCUT2D eigenvalue weighted by molar-refractivity contribution is 0.300. The number of nitrogens with one attached hydrogen (secondary N) is 1. The van der Waals surface area contributed by atoms with Gasteiger partial charge in [0.25, 0.3) is 0 Å². The van der Waals surface area contributed by atoms with Gasteiger partial charge in [0.15, 0.2) is 5.82 Å². The Balaban J connectivity index is 1.64. The van der Waals surface area contributed by atoms with Gasteiger partial charge in [0, 0.05) is 0 Å². The van der Waals surface area contributed by atoms with Crippen LogP contribution in [0.5, 0.6) is 0 Å². The fourth-order valence-electron chi connectivity index (χ4n) is 2.17. The Morgan fingerprint density at radius 1 is 1.22 bits per heavy atom. The summed E-state index contributed by atoms with van der Waals surface area (Å²) in [7, 11) is 0. The molecular weight excluding hydrogens is 226 g/mol. The normalized spacial score (nSPS) is 15.6. The maximum Gasteiger partial charge on any atom is 0.170 e. The van der Waals surface area contributed by atoms with Gasteiger partial charge in [-0.15, -0.1) is 5.10 Å². The van der Waals surface area contributed by atoms with Gasteiger partial charge in [-0.25, -0.2) is 0 Å². The Hall–Kier alpha value is -1.75. The highest BCUT2D eigenvalue weighted by molar-refractivity contribution is 5.30. The van der Waals surface area contributed by atoms with Crippen LogP contribution in [-0.4, -0.2) is 26.8 Å². The van der Waals surface area contributed by atoms with Gasteiger partial charge in [0.2, 0.25) is 0 Å². The van der Waals surface area contributed by atoms with Gasteiger partial charge in [-0.2, -0.15) is 4.68 Å². The molecule has 1 N–H and O–H groups in total. The van der Waals surface area contributed by atoms with E-state index in [-0.39, 0.29) is 0 Å². The Morgan fingerprint density at radius 2 is 2.06 bits per heavy atom. The first-order chi connectivity index (χ1) is 8.93. The molecule has 5 heteroatoms. The first-order valence-corrected chi connectivity index (χ1v) is 6.47. The molecule has 0 atom stereocenters. The first-order valence-electron chi connectivity index (χ1n) is 6.47. The largest absolute Gasteiger partial charge is 0.310 e. The van der Waals surface area contributed by atoms with Gasteiger partial charge in [0.05, 0.1) is 12.2 Å². The first kappa shape index (κ1) is 11.3. The zero-order valence-electron chi connectivity index (χ0n) is 10.3. The predicted octanol–water partition coefficient (Wildman–Crippen LogP) is 1.55. The molecule has 1 aliphatic carbocycles. The lowest BCUT2D eigenvalue weighted by atomic mass is 9.85. The van der Waals surface area contributed by atoms with Crippen LogP contribution in [0.1, 0.15) is 25.1 Å². The molecule has 1 aromatic carbocycles. The van der Waals surface area contributed by atoms with Crippen molar-refractivity contribution in [2.24, 2.45) is 5.92 Å².